The van der Waals surface area contributed by atoms with Crippen molar-refractivity contribution >= 4 is 16.9 Å². The number of rotatable bonds is 0. The summed E-state index contributed by atoms with van der Waals surface area (Å²) in [5, 5.41) is 11.2. The lowest BCUT2D eigenvalue weighted by molar-refractivity contribution is -0.00245. The van der Waals surface area contributed by atoms with Crippen LogP contribution >= 0.6 is 11.8 Å². The molecule has 18 heavy (non-hydrogen) atoms. The number of nitrogens with zero attached hydrogens (tertiary/aromatic N) is 2. The number of hydrogen-bond acceptors (Lipinski definition) is 4. The highest BCUT2D eigenvalue weighted by Crippen LogP contribution is 2.53. The van der Waals surface area contributed by atoms with E-state index in [0.717, 1.165) is 10.9 Å². The molecule has 1 N–H and O–H groups in total. The first-order chi connectivity index (χ1) is 8.69. The Balaban J connectivity index is 1.85. The van der Waals surface area contributed by atoms with E-state index in [1.165, 1.54) is 25.0 Å². The molecule has 0 radical (unpaired) electrons. The van der Waals surface area contributed by atoms with Crippen LogP contribution in [0.5, 0.6) is 0 Å². The molecule has 2 fully saturated rings. The first kappa shape index (κ1) is 11.1. The van der Waals surface area contributed by atoms with Crippen molar-refractivity contribution in [2.75, 3.05) is 5.75 Å². The fourth-order valence-corrected chi connectivity index (χ4v) is 5.08. The smallest absolute Gasteiger partial charge is 0.166 e. The maximum atomic E-state index is 10.2. The first-order valence-corrected chi connectivity index (χ1v) is 7.75. The standard InChI is InChI=1S/C14H18N2OS/c1-14-6-2-4-9-12(14)10(5-3-7-14)16-11(17)8-18-13(16)15-9/h2,4,6,10-12,17H,3,5,7-8H2,1H3. The van der Waals surface area contributed by atoms with Crippen LogP contribution < -0.4 is 0 Å². The highest BCUT2D eigenvalue weighted by molar-refractivity contribution is 8.14. The average Bonchev–Trinajstić information content (AvgIpc) is 2.71. The van der Waals surface area contributed by atoms with Crippen LogP contribution in [-0.2, 0) is 0 Å². The number of amidine groups is 1. The lowest BCUT2D eigenvalue weighted by atomic mass is 9.61. The summed E-state index contributed by atoms with van der Waals surface area (Å²) < 4.78 is 0. The molecular formula is C14H18N2OS. The summed E-state index contributed by atoms with van der Waals surface area (Å²) in [6.07, 6.45) is 10.0. The summed E-state index contributed by atoms with van der Waals surface area (Å²) in [4.78, 5) is 6.98. The fraction of sp³-hybridized carbons (Fsp3) is 0.643. The summed E-state index contributed by atoms with van der Waals surface area (Å²) in [7, 11) is 0. The van der Waals surface area contributed by atoms with Gasteiger partial charge in [0.2, 0.25) is 0 Å². The summed E-state index contributed by atoms with van der Waals surface area (Å²) in [6.45, 7) is 2.35. The van der Waals surface area contributed by atoms with E-state index >= 15 is 0 Å². The maximum Gasteiger partial charge on any atom is 0.166 e. The van der Waals surface area contributed by atoms with E-state index in [4.69, 9.17) is 4.99 Å². The van der Waals surface area contributed by atoms with Gasteiger partial charge >= 0.3 is 0 Å². The van der Waals surface area contributed by atoms with E-state index in [1.54, 1.807) is 11.8 Å². The molecule has 4 aliphatic rings. The van der Waals surface area contributed by atoms with E-state index in [2.05, 4.69) is 30.1 Å². The average molecular weight is 262 g/mol. The van der Waals surface area contributed by atoms with Gasteiger partial charge < -0.3 is 10.0 Å². The molecule has 0 spiro atoms. The van der Waals surface area contributed by atoms with Crippen LogP contribution in [0.2, 0.25) is 0 Å². The van der Waals surface area contributed by atoms with Crippen molar-refractivity contribution in [2.24, 2.45) is 16.3 Å². The number of allylic oxidation sites excluding steroid dienone is 3. The van der Waals surface area contributed by atoms with E-state index in [9.17, 15) is 5.11 Å². The second-order valence-electron chi connectivity index (χ2n) is 5.99. The molecule has 3 nitrogen and oxygen atoms in total. The molecule has 4 rings (SSSR count). The molecule has 0 bridgehead atoms. The minimum Gasteiger partial charge on any atom is -0.373 e. The quantitative estimate of drug-likeness (QED) is 0.728. The van der Waals surface area contributed by atoms with Crippen LogP contribution in [-0.4, -0.2) is 33.2 Å². The Hall–Kier alpha value is -0.740. The van der Waals surface area contributed by atoms with Crippen molar-refractivity contribution in [1.82, 2.24) is 4.90 Å². The molecule has 0 aromatic carbocycles. The van der Waals surface area contributed by atoms with E-state index < -0.39 is 0 Å². The Morgan fingerprint density at radius 1 is 1.56 bits per heavy atom. The van der Waals surface area contributed by atoms with E-state index in [1.807, 2.05) is 0 Å². The van der Waals surface area contributed by atoms with Crippen molar-refractivity contribution in [3.05, 3.63) is 23.9 Å². The number of aliphatic hydroxyl groups is 1. The molecule has 4 unspecified atom stereocenters. The van der Waals surface area contributed by atoms with Gasteiger partial charge in [-0.1, -0.05) is 37.3 Å². The van der Waals surface area contributed by atoms with Gasteiger partial charge in [0.1, 0.15) is 6.23 Å². The Morgan fingerprint density at radius 2 is 2.44 bits per heavy atom. The summed E-state index contributed by atoms with van der Waals surface area (Å²) in [6, 6.07) is 0.442. The van der Waals surface area contributed by atoms with Gasteiger partial charge in [-0.2, -0.15) is 0 Å². The highest BCUT2D eigenvalue weighted by atomic mass is 32.2. The van der Waals surface area contributed by atoms with Crippen molar-refractivity contribution < 1.29 is 5.11 Å². The minimum atomic E-state index is -0.339. The van der Waals surface area contributed by atoms with E-state index in [0.29, 0.717) is 12.0 Å². The molecule has 0 amide bonds. The lowest BCUT2D eigenvalue weighted by Gasteiger charge is -2.52. The van der Waals surface area contributed by atoms with Gasteiger partial charge in [0.05, 0.1) is 0 Å². The van der Waals surface area contributed by atoms with Crippen LogP contribution in [0.1, 0.15) is 26.2 Å². The molecule has 2 heterocycles. The van der Waals surface area contributed by atoms with Gasteiger partial charge in [-0.15, -0.1) is 0 Å². The Kier molecular flexibility index (Phi) is 2.25. The highest BCUT2D eigenvalue weighted by Gasteiger charge is 2.51. The minimum absolute atomic E-state index is 0.231. The molecule has 4 atom stereocenters. The third-order valence-electron chi connectivity index (χ3n) is 4.86. The topological polar surface area (TPSA) is 35.8 Å². The van der Waals surface area contributed by atoms with Crippen LogP contribution in [0.15, 0.2) is 28.9 Å². The van der Waals surface area contributed by atoms with Crippen molar-refractivity contribution in [1.29, 1.82) is 0 Å². The largest absolute Gasteiger partial charge is 0.373 e. The zero-order valence-corrected chi connectivity index (χ0v) is 11.4. The number of fused-ring (bicyclic) bond motifs is 2. The SMILES string of the molecule is CC12C=CC=C3N=C4SCC(O)N4C(CCC1)C32. The molecule has 2 aliphatic carbocycles. The van der Waals surface area contributed by atoms with Crippen LogP contribution in [0.3, 0.4) is 0 Å². The van der Waals surface area contributed by atoms with Gasteiger partial charge in [0.15, 0.2) is 5.17 Å². The molecule has 1 saturated heterocycles. The third kappa shape index (κ3) is 1.33. The molecular weight excluding hydrogens is 244 g/mol. The number of aliphatic imine (C=N–C) groups is 1. The van der Waals surface area contributed by atoms with E-state index in [-0.39, 0.29) is 11.6 Å². The maximum absolute atomic E-state index is 10.2. The molecule has 0 aromatic rings. The van der Waals surface area contributed by atoms with Gasteiger partial charge in [-0.3, -0.25) is 0 Å². The van der Waals surface area contributed by atoms with Crippen LogP contribution in [0.4, 0.5) is 0 Å². The van der Waals surface area contributed by atoms with Crippen molar-refractivity contribution in [2.45, 2.75) is 38.5 Å². The predicted molar refractivity (Wildman–Crippen MR) is 74.2 cm³/mol. The normalized spacial score (nSPS) is 45.2. The van der Waals surface area contributed by atoms with Crippen LogP contribution in [0.25, 0.3) is 0 Å². The third-order valence-corrected chi connectivity index (χ3v) is 5.88. The molecule has 2 aliphatic heterocycles. The number of thioether (sulfide) groups is 1. The van der Waals surface area contributed by atoms with Gasteiger partial charge in [-0.25, -0.2) is 4.99 Å². The van der Waals surface area contributed by atoms with Gasteiger partial charge in [-0.05, 0) is 24.3 Å². The second kappa shape index (κ2) is 3.64. The Bertz CT molecular complexity index is 484. The number of hydrogen-bond donors (Lipinski definition) is 1. The summed E-state index contributed by atoms with van der Waals surface area (Å²) >= 11 is 1.69. The van der Waals surface area contributed by atoms with Gasteiger partial charge in [0, 0.05) is 23.4 Å². The van der Waals surface area contributed by atoms with Crippen molar-refractivity contribution in [3.63, 3.8) is 0 Å². The second-order valence-corrected chi connectivity index (χ2v) is 6.97. The number of aliphatic hydroxyl groups excluding tert-OH is 1. The first-order valence-electron chi connectivity index (χ1n) is 6.76. The molecule has 4 heteroatoms. The zero-order chi connectivity index (χ0) is 12.3. The Labute approximate surface area is 112 Å². The zero-order valence-electron chi connectivity index (χ0n) is 10.5. The summed E-state index contributed by atoms with van der Waals surface area (Å²) in [5.41, 5.74) is 1.47. The Morgan fingerprint density at radius 3 is 3.33 bits per heavy atom. The summed E-state index contributed by atoms with van der Waals surface area (Å²) in [5.74, 6) is 1.23. The predicted octanol–water partition coefficient (Wildman–Crippen LogP) is 2.35. The molecule has 1 saturated carbocycles. The fourth-order valence-electron chi connectivity index (χ4n) is 4.05. The van der Waals surface area contributed by atoms with Crippen molar-refractivity contribution in [3.8, 4) is 0 Å². The van der Waals surface area contributed by atoms with Crippen LogP contribution in [0, 0.1) is 11.3 Å². The van der Waals surface area contributed by atoms with Gasteiger partial charge in [0.25, 0.3) is 0 Å². The molecule has 96 valence electrons. The molecule has 0 aromatic heterocycles. The lowest BCUT2D eigenvalue weighted by Crippen LogP contribution is -2.55. The monoisotopic (exact) mass is 262 g/mol.